The summed E-state index contributed by atoms with van der Waals surface area (Å²) < 4.78 is 71.8. The van der Waals surface area contributed by atoms with Crippen molar-refractivity contribution in [3.05, 3.63) is 48.4 Å². The molecule has 3 rings (SSSR count). The molecule has 156 valence electrons. The van der Waals surface area contributed by atoms with Crippen molar-refractivity contribution in [2.24, 2.45) is 0 Å². The minimum Gasteiger partial charge on any atom is -0.406 e. The van der Waals surface area contributed by atoms with Crippen molar-refractivity contribution >= 4 is 5.65 Å². The molecule has 0 fully saturated rings. The van der Waals surface area contributed by atoms with Gasteiger partial charge < -0.3 is 9.84 Å². The first-order valence-electron chi connectivity index (χ1n) is 8.82. The van der Waals surface area contributed by atoms with Crippen LogP contribution in [0.2, 0.25) is 0 Å². The van der Waals surface area contributed by atoms with Gasteiger partial charge in [0.25, 0.3) is 0 Å². The van der Waals surface area contributed by atoms with Gasteiger partial charge in [0.1, 0.15) is 11.4 Å². The largest absolute Gasteiger partial charge is 0.573 e. The fraction of sp³-hybridized carbons (Fsp3) is 0.368. The molecule has 2 aromatic heterocycles. The van der Waals surface area contributed by atoms with E-state index in [4.69, 9.17) is 0 Å². The number of hydrogen-bond acceptors (Lipinski definition) is 4. The summed E-state index contributed by atoms with van der Waals surface area (Å²) >= 11 is 0. The summed E-state index contributed by atoms with van der Waals surface area (Å²) in [7, 11) is 0. The van der Waals surface area contributed by atoms with E-state index in [2.05, 4.69) is 14.9 Å². The zero-order valence-corrected chi connectivity index (χ0v) is 15.5. The zero-order valence-electron chi connectivity index (χ0n) is 15.5. The molecule has 10 heteroatoms. The molecule has 0 amide bonds. The second kappa shape index (κ2) is 7.25. The first kappa shape index (κ1) is 21.0. The minimum absolute atomic E-state index is 0.148. The lowest BCUT2D eigenvalue weighted by Gasteiger charge is -2.32. The van der Waals surface area contributed by atoms with Crippen molar-refractivity contribution in [3.63, 3.8) is 0 Å². The minimum atomic E-state index is -4.81. The Balaban J connectivity index is 2.02. The van der Waals surface area contributed by atoms with E-state index in [1.807, 2.05) is 0 Å². The Morgan fingerprint density at radius 1 is 0.897 bits per heavy atom. The number of aliphatic hydroxyl groups is 1. The van der Waals surface area contributed by atoms with Crippen LogP contribution in [-0.2, 0) is 5.92 Å². The van der Waals surface area contributed by atoms with Gasteiger partial charge >= 0.3 is 12.3 Å². The van der Waals surface area contributed by atoms with E-state index in [0.29, 0.717) is 11.1 Å². The predicted molar refractivity (Wildman–Crippen MR) is 94.5 cm³/mol. The number of rotatable bonds is 6. The summed E-state index contributed by atoms with van der Waals surface area (Å²) in [6, 6.07) is 8.04. The van der Waals surface area contributed by atoms with Gasteiger partial charge in [-0.3, -0.25) is 4.40 Å². The van der Waals surface area contributed by atoms with Crippen LogP contribution in [0, 0.1) is 0 Å². The average molecular weight is 415 g/mol. The molecule has 0 bridgehead atoms. The summed E-state index contributed by atoms with van der Waals surface area (Å²) in [5.74, 6) is -4.77. The zero-order chi connectivity index (χ0) is 21.4. The Kier molecular flexibility index (Phi) is 5.24. The highest BCUT2D eigenvalue weighted by Crippen LogP contribution is 2.42. The Bertz CT molecular complexity index is 995. The molecule has 2 heterocycles. The Labute approximate surface area is 162 Å². The highest BCUT2D eigenvalue weighted by Gasteiger charge is 2.54. The molecule has 0 saturated carbocycles. The molecular formula is C19H18F5N3O2. The van der Waals surface area contributed by atoms with Gasteiger partial charge in [-0.2, -0.15) is 8.78 Å². The lowest BCUT2D eigenvalue weighted by molar-refractivity contribution is -0.274. The Morgan fingerprint density at radius 2 is 1.48 bits per heavy atom. The van der Waals surface area contributed by atoms with Crippen LogP contribution in [0.5, 0.6) is 5.75 Å². The van der Waals surface area contributed by atoms with Crippen LogP contribution in [0.15, 0.2) is 42.6 Å². The maximum absolute atomic E-state index is 15.0. The number of fused-ring (bicyclic) bond motifs is 1. The third kappa shape index (κ3) is 3.89. The molecule has 1 aromatic carbocycles. The number of nitrogens with zero attached hydrogens (tertiary/aromatic N) is 3. The molecule has 0 spiro atoms. The second-order valence-electron chi connectivity index (χ2n) is 6.55. The highest BCUT2D eigenvalue weighted by atomic mass is 19.4. The fourth-order valence-electron chi connectivity index (χ4n) is 3.03. The number of alkyl halides is 5. The lowest BCUT2D eigenvalue weighted by Crippen LogP contribution is -2.46. The maximum atomic E-state index is 15.0. The van der Waals surface area contributed by atoms with Gasteiger partial charge in [-0.1, -0.05) is 26.0 Å². The van der Waals surface area contributed by atoms with E-state index < -0.39 is 29.5 Å². The number of aromatic nitrogens is 3. The van der Waals surface area contributed by atoms with E-state index in [0.717, 1.165) is 16.5 Å². The molecule has 0 aliphatic rings. The molecule has 0 saturated heterocycles. The number of pyridine rings is 1. The normalized spacial score (nSPS) is 13.1. The first-order chi connectivity index (χ1) is 13.5. The summed E-state index contributed by atoms with van der Waals surface area (Å²) in [6.45, 7) is 2.91. The topological polar surface area (TPSA) is 59.7 Å². The van der Waals surface area contributed by atoms with Crippen LogP contribution in [0.25, 0.3) is 16.8 Å². The quantitative estimate of drug-likeness (QED) is 0.580. The van der Waals surface area contributed by atoms with Crippen molar-refractivity contribution < 1.29 is 31.8 Å². The molecule has 3 aromatic rings. The van der Waals surface area contributed by atoms with E-state index in [1.54, 1.807) is 6.07 Å². The predicted octanol–water partition coefficient (Wildman–Crippen LogP) is 4.94. The number of hydrogen-bond donors (Lipinski definition) is 1. The fourth-order valence-corrected chi connectivity index (χ4v) is 3.03. The third-order valence-electron chi connectivity index (χ3n) is 4.86. The van der Waals surface area contributed by atoms with Crippen LogP contribution in [0.1, 0.15) is 32.5 Å². The molecule has 0 radical (unpaired) electrons. The number of benzene rings is 1. The maximum Gasteiger partial charge on any atom is 0.573 e. The van der Waals surface area contributed by atoms with Crippen molar-refractivity contribution in [2.45, 2.75) is 44.6 Å². The third-order valence-corrected chi connectivity index (χ3v) is 4.86. The summed E-state index contributed by atoms with van der Waals surface area (Å²) in [5, 5.41) is 17.7. The lowest BCUT2D eigenvalue weighted by atomic mass is 9.89. The molecule has 0 unspecified atom stereocenters. The van der Waals surface area contributed by atoms with Gasteiger partial charge in [0, 0.05) is 6.20 Å². The van der Waals surface area contributed by atoms with Crippen LogP contribution in [0.3, 0.4) is 0 Å². The SMILES string of the molecule is CCC(O)(CC)C(F)(F)c1nnc2ccc(-c3ccc(OC(F)(F)F)cc3)cn12. The standard InChI is InChI=1S/C19H18F5N3O2/c1-3-17(28,4-2)18(20,21)16-26-25-15-10-7-13(11-27(15)16)12-5-8-14(9-6-12)29-19(22,23)24/h5-11,28H,3-4H2,1-2H3. The van der Waals surface area contributed by atoms with Crippen LogP contribution >= 0.6 is 0 Å². The van der Waals surface area contributed by atoms with Crippen molar-refractivity contribution in [1.82, 2.24) is 14.6 Å². The second-order valence-corrected chi connectivity index (χ2v) is 6.55. The van der Waals surface area contributed by atoms with E-state index in [1.165, 1.54) is 38.2 Å². The van der Waals surface area contributed by atoms with Gasteiger partial charge in [0.2, 0.25) is 5.82 Å². The van der Waals surface area contributed by atoms with Gasteiger partial charge in [-0.15, -0.1) is 23.4 Å². The van der Waals surface area contributed by atoms with Crippen LogP contribution in [-0.4, -0.2) is 31.7 Å². The van der Waals surface area contributed by atoms with E-state index in [9.17, 15) is 18.3 Å². The summed E-state index contributed by atoms with van der Waals surface area (Å²) in [5.41, 5.74) is -1.21. The highest BCUT2D eigenvalue weighted by molar-refractivity contribution is 5.65. The molecule has 29 heavy (non-hydrogen) atoms. The molecule has 0 aliphatic carbocycles. The first-order valence-corrected chi connectivity index (χ1v) is 8.82. The molecular weight excluding hydrogens is 397 g/mol. The van der Waals surface area contributed by atoms with Crippen LogP contribution < -0.4 is 4.74 Å². The van der Waals surface area contributed by atoms with Gasteiger partial charge in [-0.25, -0.2) is 0 Å². The van der Waals surface area contributed by atoms with Gasteiger partial charge in [0.15, 0.2) is 5.65 Å². The average Bonchev–Trinajstić information content (AvgIpc) is 3.10. The van der Waals surface area contributed by atoms with Gasteiger partial charge in [-0.05, 0) is 48.2 Å². The number of ether oxygens (including phenoxy) is 1. The monoisotopic (exact) mass is 415 g/mol. The molecule has 1 N–H and O–H groups in total. The number of halogens is 5. The Hall–Kier alpha value is -2.75. The van der Waals surface area contributed by atoms with Crippen molar-refractivity contribution in [1.29, 1.82) is 0 Å². The molecule has 5 nitrogen and oxygen atoms in total. The van der Waals surface area contributed by atoms with E-state index in [-0.39, 0.29) is 18.5 Å². The summed E-state index contributed by atoms with van der Waals surface area (Å²) in [6.07, 6.45) is -3.83. The Morgan fingerprint density at radius 3 is 2.03 bits per heavy atom. The van der Waals surface area contributed by atoms with Crippen LogP contribution in [0.4, 0.5) is 22.0 Å². The van der Waals surface area contributed by atoms with Gasteiger partial charge in [0.05, 0.1) is 0 Å². The smallest absolute Gasteiger partial charge is 0.406 e. The molecule has 0 aliphatic heterocycles. The summed E-state index contributed by atoms with van der Waals surface area (Å²) in [4.78, 5) is 0. The van der Waals surface area contributed by atoms with Crippen molar-refractivity contribution in [2.75, 3.05) is 0 Å². The molecule has 0 atom stereocenters. The van der Waals surface area contributed by atoms with E-state index >= 15 is 8.78 Å². The van der Waals surface area contributed by atoms with Crippen molar-refractivity contribution in [3.8, 4) is 16.9 Å².